The van der Waals surface area contributed by atoms with Gasteiger partial charge in [0, 0.05) is 25.7 Å². The fourth-order valence-electron chi connectivity index (χ4n) is 12.1. The summed E-state index contributed by atoms with van der Waals surface area (Å²) in [4.78, 5) is 73.0. The van der Waals surface area contributed by atoms with Crippen LogP contribution in [0, 0.1) is 11.8 Å². The number of phosphoric ester groups is 2. The van der Waals surface area contributed by atoms with Gasteiger partial charge in [-0.2, -0.15) is 0 Å². The quantitative estimate of drug-likeness (QED) is 0.0222. The molecule has 0 aliphatic rings. The molecule has 0 aliphatic heterocycles. The summed E-state index contributed by atoms with van der Waals surface area (Å²) in [6.07, 6.45) is 59.4. The molecule has 7 atom stereocenters. The van der Waals surface area contributed by atoms with Gasteiger partial charge in [0.05, 0.1) is 26.4 Å². The summed E-state index contributed by atoms with van der Waals surface area (Å²) < 4.78 is 68.7. The van der Waals surface area contributed by atoms with Crippen molar-refractivity contribution in [3.63, 3.8) is 0 Å². The smallest absolute Gasteiger partial charge is 0.462 e. The number of phosphoric acid groups is 2. The van der Waals surface area contributed by atoms with Gasteiger partial charge >= 0.3 is 39.5 Å². The van der Waals surface area contributed by atoms with Gasteiger partial charge in [-0.1, -0.05) is 363 Å². The van der Waals surface area contributed by atoms with Crippen molar-refractivity contribution in [3.8, 4) is 0 Å². The topological polar surface area (TPSA) is 237 Å². The minimum Gasteiger partial charge on any atom is -0.462 e. The summed E-state index contributed by atoms with van der Waals surface area (Å²) in [5, 5.41) is 10.6. The third-order valence-electron chi connectivity index (χ3n) is 19.2. The van der Waals surface area contributed by atoms with Crippen LogP contribution in [0.4, 0.5) is 0 Å². The van der Waals surface area contributed by atoms with Gasteiger partial charge in [-0.25, -0.2) is 9.13 Å². The first-order chi connectivity index (χ1) is 47.4. The maximum absolute atomic E-state index is 13.1. The molecular formula is C79H154O17P2. The van der Waals surface area contributed by atoms with Crippen LogP contribution in [-0.2, 0) is 65.4 Å². The highest BCUT2D eigenvalue weighted by Gasteiger charge is 2.30. The Balaban J connectivity index is 5.27. The van der Waals surface area contributed by atoms with Crippen molar-refractivity contribution in [2.24, 2.45) is 11.8 Å². The van der Waals surface area contributed by atoms with Crippen LogP contribution in [0.25, 0.3) is 0 Å². The summed E-state index contributed by atoms with van der Waals surface area (Å²) in [5.41, 5.74) is 0. The Labute approximate surface area is 600 Å². The van der Waals surface area contributed by atoms with E-state index in [4.69, 9.17) is 37.0 Å². The average Bonchev–Trinajstić information content (AvgIpc) is 0.965. The molecule has 0 rings (SSSR count). The van der Waals surface area contributed by atoms with Crippen LogP contribution in [0.2, 0.25) is 0 Å². The Morgan fingerprint density at radius 2 is 0.490 bits per heavy atom. The number of carbonyl (C=O) groups is 4. The lowest BCUT2D eigenvalue weighted by atomic mass is 9.99. The summed E-state index contributed by atoms with van der Waals surface area (Å²) in [6, 6.07) is 0. The lowest BCUT2D eigenvalue weighted by Gasteiger charge is -2.21. The van der Waals surface area contributed by atoms with E-state index in [-0.39, 0.29) is 25.7 Å². The Hall–Kier alpha value is -1.94. The zero-order valence-corrected chi connectivity index (χ0v) is 65.9. The Morgan fingerprint density at radius 1 is 0.286 bits per heavy atom. The zero-order chi connectivity index (χ0) is 72.1. The molecule has 17 nitrogen and oxygen atoms in total. The van der Waals surface area contributed by atoms with Crippen LogP contribution in [0.1, 0.15) is 414 Å². The van der Waals surface area contributed by atoms with Gasteiger partial charge < -0.3 is 33.8 Å². The largest absolute Gasteiger partial charge is 0.472 e. The molecule has 0 radical (unpaired) electrons. The predicted octanol–water partition coefficient (Wildman–Crippen LogP) is 23.5. The molecule has 0 saturated heterocycles. The van der Waals surface area contributed by atoms with Gasteiger partial charge in [-0.3, -0.25) is 37.3 Å². The summed E-state index contributed by atoms with van der Waals surface area (Å²) in [5.74, 6) is -0.529. The van der Waals surface area contributed by atoms with E-state index in [1.807, 2.05) is 0 Å². The van der Waals surface area contributed by atoms with Gasteiger partial charge in [-0.05, 0) is 37.5 Å². The average molecular weight is 1440 g/mol. The predicted molar refractivity (Wildman–Crippen MR) is 400 cm³/mol. The van der Waals surface area contributed by atoms with E-state index in [0.717, 1.165) is 102 Å². The van der Waals surface area contributed by atoms with Gasteiger partial charge in [0.2, 0.25) is 0 Å². The molecule has 0 aromatic heterocycles. The van der Waals surface area contributed by atoms with Crippen LogP contribution in [0.5, 0.6) is 0 Å². The van der Waals surface area contributed by atoms with E-state index >= 15 is 0 Å². The monoisotopic (exact) mass is 1440 g/mol. The SMILES string of the molecule is CCCCCCCCCCCCCCCCCCCC(=O)O[C@H](COC(=O)CCCCCCCCCCCCCCCCC)COP(=O)(O)OC[C@@H](O)COP(=O)(O)OC[C@@H](COC(=O)CCCCCCCCCCC(C)CC)OC(=O)CCCCCCCCCCCCC(C)CC. The fraction of sp³-hybridized carbons (Fsp3) is 0.949. The minimum absolute atomic E-state index is 0.106. The van der Waals surface area contributed by atoms with Gasteiger partial charge in [0.1, 0.15) is 19.3 Å². The van der Waals surface area contributed by atoms with E-state index in [1.54, 1.807) is 0 Å². The zero-order valence-electron chi connectivity index (χ0n) is 64.1. The second kappa shape index (κ2) is 70.7. The number of hydrogen-bond acceptors (Lipinski definition) is 15. The molecule has 3 N–H and O–H groups in total. The van der Waals surface area contributed by atoms with Crippen molar-refractivity contribution < 1.29 is 80.2 Å². The van der Waals surface area contributed by atoms with E-state index in [2.05, 4.69) is 41.5 Å². The van der Waals surface area contributed by atoms with Gasteiger partial charge in [0.15, 0.2) is 12.2 Å². The fourth-order valence-corrected chi connectivity index (χ4v) is 13.7. The second-order valence-electron chi connectivity index (χ2n) is 28.9. The van der Waals surface area contributed by atoms with Crippen LogP contribution in [-0.4, -0.2) is 96.7 Å². The molecular weight excluding hydrogens is 1280 g/mol. The van der Waals surface area contributed by atoms with E-state index < -0.39 is 97.5 Å². The third-order valence-corrected chi connectivity index (χ3v) is 21.1. The van der Waals surface area contributed by atoms with Crippen LogP contribution < -0.4 is 0 Å². The van der Waals surface area contributed by atoms with Crippen LogP contribution in [0.3, 0.4) is 0 Å². The first kappa shape index (κ1) is 96.1. The van der Waals surface area contributed by atoms with E-state index in [0.29, 0.717) is 25.7 Å². The van der Waals surface area contributed by atoms with Crippen molar-refractivity contribution in [2.75, 3.05) is 39.6 Å². The first-order valence-corrected chi connectivity index (χ1v) is 44.1. The minimum atomic E-state index is -4.96. The molecule has 19 heteroatoms. The number of aliphatic hydroxyl groups excluding tert-OH is 1. The van der Waals surface area contributed by atoms with Crippen molar-refractivity contribution in [1.29, 1.82) is 0 Å². The molecule has 0 saturated carbocycles. The van der Waals surface area contributed by atoms with Crippen molar-refractivity contribution in [3.05, 3.63) is 0 Å². The van der Waals surface area contributed by atoms with E-state index in [9.17, 15) is 43.2 Å². The van der Waals surface area contributed by atoms with Crippen LogP contribution in [0.15, 0.2) is 0 Å². The Morgan fingerprint density at radius 3 is 0.724 bits per heavy atom. The second-order valence-corrected chi connectivity index (χ2v) is 31.8. The number of unbranched alkanes of at least 4 members (excludes halogenated alkanes) is 46. The van der Waals surface area contributed by atoms with Gasteiger partial charge in [-0.15, -0.1) is 0 Å². The van der Waals surface area contributed by atoms with Crippen molar-refractivity contribution >= 4 is 39.5 Å². The maximum Gasteiger partial charge on any atom is 0.472 e. The lowest BCUT2D eigenvalue weighted by Crippen LogP contribution is -2.30. The Kier molecular flexibility index (Phi) is 69.3. The molecule has 0 fully saturated rings. The molecule has 4 unspecified atom stereocenters. The number of hydrogen-bond donors (Lipinski definition) is 3. The highest BCUT2D eigenvalue weighted by molar-refractivity contribution is 7.47. The molecule has 0 bridgehead atoms. The number of rotatable bonds is 78. The number of carbonyl (C=O) groups excluding carboxylic acids is 4. The molecule has 0 heterocycles. The molecule has 0 spiro atoms. The molecule has 0 aromatic rings. The molecule has 0 amide bonds. The number of aliphatic hydroxyl groups is 1. The van der Waals surface area contributed by atoms with Crippen molar-refractivity contribution in [2.45, 2.75) is 432 Å². The summed E-state index contributed by atoms with van der Waals surface area (Å²) in [6.45, 7) is 9.66. The van der Waals surface area contributed by atoms with Crippen molar-refractivity contribution in [1.82, 2.24) is 0 Å². The highest BCUT2D eigenvalue weighted by atomic mass is 31.2. The number of ether oxygens (including phenoxy) is 4. The molecule has 0 aliphatic carbocycles. The number of esters is 4. The molecule has 0 aromatic carbocycles. The van der Waals surface area contributed by atoms with Crippen LogP contribution >= 0.6 is 15.6 Å². The third kappa shape index (κ3) is 69.8. The first-order valence-electron chi connectivity index (χ1n) is 41.1. The summed E-state index contributed by atoms with van der Waals surface area (Å²) in [7, 11) is -9.92. The normalized spacial score (nSPS) is 14.5. The van der Waals surface area contributed by atoms with Gasteiger partial charge in [0.25, 0.3) is 0 Å². The molecule has 98 heavy (non-hydrogen) atoms. The molecule has 582 valence electrons. The standard InChI is InChI=1S/C79H154O17P2/c1-7-11-13-15-17-19-21-23-25-26-28-30-32-37-45-51-57-63-78(83)95-74(67-89-76(81)61-55-49-43-36-31-29-27-24-22-20-18-16-14-12-8-2)69-93-97(85,86)91-65-73(80)66-92-98(87,88)94-70-75(68-90-77(82)62-56-50-44-40-39-42-48-54-60-72(6)10-4)96-79(84)64-58-52-46-38-34-33-35-41-47-53-59-71(5)9-3/h71-75,80H,7-70H2,1-6H3,(H,85,86)(H,87,88)/t71?,72?,73-,74-,75-/m1/s1. The summed E-state index contributed by atoms with van der Waals surface area (Å²) >= 11 is 0. The highest BCUT2D eigenvalue weighted by Crippen LogP contribution is 2.45. The lowest BCUT2D eigenvalue weighted by molar-refractivity contribution is -0.161. The van der Waals surface area contributed by atoms with E-state index in [1.165, 1.54) is 231 Å². The maximum atomic E-state index is 13.1. The Bertz CT molecular complexity index is 1890.